The summed E-state index contributed by atoms with van der Waals surface area (Å²) in [6.07, 6.45) is 0. The first-order valence-corrected chi connectivity index (χ1v) is 6.00. The molecule has 18 heavy (non-hydrogen) atoms. The molecule has 1 aliphatic rings. The SMILES string of the molecule is CC1COc2ccccc2C1(O)C(C)(C)C(=O)O. The molecule has 2 atom stereocenters. The first-order valence-electron chi connectivity index (χ1n) is 6.00. The summed E-state index contributed by atoms with van der Waals surface area (Å²) < 4.78 is 5.55. The minimum Gasteiger partial charge on any atom is -0.493 e. The molecule has 0 radical (unpaired) electrons. The molecule has 1 aliphatic heterocycles. The van der Waals surface area contributed by atoms with Crippen molar-refractivity contribution < 1.29 is 19.7 Å². The maximum Gasteiger partial charge on any atom is 0.312 e. The minimum atomic E-state index is -1.44. The second-order valence-electron chi connectivity index (χ2n) is 5.40. The van der Waals surface area contributed by atoms with E-state index in [9.17, 15) is 15.0 Å². The third-order valence-electron chi connectivity index (χ3n) is 3.99. The fourth-order valence-corrected chi connectivity index (χ4v) is 2.62. The maximum absolute atomic E-state index is 11.5. The van der Waals surface area contributed by atoms with Gasteiger partial charge in [-0.2, -0.15) is 0 Å². The van der Waals surface area contributed by atoms with Gasteiger partial charge in [-0.3, -0.25) is 4.79 Å². The summed E-state index contributed by atoms with van der Waals surface area (Å²) >= 11 is 0. The summed E-state index contributed by atoms with van der Waals surface area (Å²) in [6, 6.07) is 7.08. The monoisotopic (exact) mass is 250 g/mol. The number of carboxylic acid groups (broad SMARTS) is 1. The number of ether oxygens (including phenoxy) is 1. The van der Waals surface area contributed by atoms with Crippen LogP contribution >= 0.6 is 0 Å². The number of benzene rings is 1. The molecule has 0 bridgehead atoms. The third kappa shape index (κ3) is 1.52. The average Bonchev–Trinajstić information content (AvgIpc) is 2.34. The van der Waals surface area contributed by atoms with Crippen molar-refractivity contribution >= 4 is 5.97 Å². The number of hydrogen-bond donors (Lipinski definition) is 2. The van der Waals surface area contributed by atoms with E-state index in [1.165, 1.54) is 0 Å². The molecule has 4 nitrogen and oxygen atoms in total. The first-order chi connectivity index (χ1) is 8.31. The summed E-state index contributed by atoms with van der Waals surface area (Å²) in [5.74, 6) is -0.750. The van der Waals surface area contributed by atoms with Gasteiger partial charge in [0.2, 0.25) is 0 Å². The zero-order valence-corrected chi connectivity index (χ0v) is 10.8. The van der Waals surface area contributed by atoms with Crippen LogP contribution < -0.4 is 4.74 Å². The Morgan fingerprint density at radius 2 is 2.06 bits per heavy atom. The van der Waals surface area contributed by atoms with E-state index in [0.717, 1.165) is 0 Å². The van der Waals surface area contributed by atoms with E-state index in [0.29, 0.717) is 17.9 Å². The van der Waals surface area contributed by atoms with Crippen LogP contribution in [0.15, 0.2) is 24.3 Å². The van der Waals surface area contributed by atoms with Crippen molar-refractivity contribution in [3.63, 3.8) is 0 Å². The Morgan fingerprint density at radius 1 is 1.44 bits per heavy atom. The predicted octanol–water partition coefficient (Wildman–Crippen LogP) is 2.01. The highest BCUT2D eigenvalue weighted by molar-refractivity contribution is 5.76. The van der Waals surface area contributed by atoms with Crippen molar-refractivity contribution in [3.05, 3.63) is 29.8 Å². The van der Waals surface area contributed by atoms with Crippen molar-refractivity contribution in [3.8, 4) is 5.75 Å². The second kappa shape index (κ2) is 3.99. The molecule has 0 spiro atoms. The number of aliphatic carboxylic acids is 1. The zero-order chi connectivity index (χ0) is 13.6. The van der Waals surface area contributed by atoms with Gasteiger partial charge in [0.05, 0.1) is 12.0 Å². The normalized spacial score (nSPS) is 27.2. The largest absolute Gasteiger partial charge is 0.493 e. The van der Waals surface area contributed by atoms with Gasteiger partial charge in [0.1, 0.15) is 11.4 Å². The minimum absolute atomic E-state index is 0.293. The van der Waals surface area contributed by atoms with E-state index < -0.39 is 17.0 Å². The highest BCUT2D eigenvalue weighted by Gasteiger charge is 2.56. The number of carboxylic acids is 1. The summed E-state index contributed by atoms with van der Waals surface area (Å²) in [6.45, 7) is 5.22. The van der Waals surface area contributed by atoms with E-state index in [1.54, 1.807) is 39.0 Å². The van der Waals surface area contributed by atoms with Gasteiger partial charge in [0, 0.05) is 11.5 Å². The van der Waals surface area contributed by atoms with Gasteiger partial charge in [-0.1, -0.05) is 25.1 Å². The predicted molar refractivity (Wildman–Crippen MR) is 66.4 cm³/mol. The molecule has 2 N–H and O–H groups in total. The molecule has 1 heterocycles. The Morgan fingerprint density at radius 3 is 2.67 bits per heavy atom. The molecule has 4 heteroatoms. The van der Waals surface area contributed by atoms with Crippen LogP contribution in [0.5, 0.6) is 5.75 Å². The molecular formula is C14H18O4. The lowest BCUT2D eigenvalue weighted by Gasteiger charge is -2.47. The van der Waals surface area contributed by atoms with Crippen LogP contribution in [-0.4, -0.2) is 22.8 Å². The molecule has 0 saturated carbocycles. The summed E-state index contributed by atoms with van der Waals surface area (Å²) in [7, 11) is 0. The lowest BCUT2D eigenvalue weighted by molar-refractivity contribution is -0.181. The van der Waals surface area contributed by atoms with Crippen LogP contribution in [0.4, 0.5) is 0 Å². The highest BCUT2D eigenvalue weighted by atomic mass is 16.5. The Kier molecular flexibility index (Phi) is 2.86. The topological polar surface area (TPSA) is 66.8 Å². The Hall–Kier alpha value is -1.55. The van der Waals surface area contributed by atoms with Crippen molar-refractivity contribution in [2.45, 2.75) is 26.4 Å². The van der Waals surface area contributed by atoms with E-state index in [-0.39, 0.29) is 5.92 Å². The van der Waals surface area contributed by atoms with Crippen molar-refractivity contribution in [1.82, 2.24) is 0 Å². The molecule has 0 amide bonds. The standard InChI is InChI=1S/C14H18O4/c1-9-8-18-11-7-5-4-6-10(11)14(9,17)13(2,3)12(15)16/h4-7,9,17H,8H2,1-3H3,(H,15,16). The van der Waals surface area contributed by atoms with Gasteiger partial charge in [-0.05, 0) is 19.9 Å². The third-order valence-corrected chi connectivity index (χ3v) is 3.99. The quantitative estimate of drug-likeness (QED) is 0.842. The van der Waals surface area contributed by atoms with Crippen molar-refractivity contribution in [2.24, 2.45) is 11.3 Å². The van der Waals surface area contributed by atoms with Crippen molar-refractivity contribution in [1.29, 1.82) is 0 Å². The number of aliphatic hydroxyl groups is 1. The maximum atomic E-state index is 11.5. The van der Waals surface area contributed by atoms with Gasteiger partial charge in [0.25, 0.3) is 0 Å². The van der Waals surface area contributed by atoms with Crippen LogP contribution in [0.2, 0.25) is 0 Å². The van der Waals surface area contributed by atoms with E-state index in [4.69, 9.17) is 4.74 Å². The number of rotatable bonds is 2. The van der Waals surface area contributed by atoms with Crippen molar-refractivity contribution in [2.75, 3.05) is 6.61 Å². The van der Waals surface area contributed by atoms with E-state index in [2.05, 4.69) is 0 Å². The molecule has 0 aromatic heterocycles. The van der Waals surface area contributed by atoms with E-state index >= 15 is 0 Å². The molecule has 1 aromatic carbocycles. The number of hydrogen-bond acceptors (Lipinski definition) is 3. The Labute approximate surface area is 106 Å². The van der Waals surface area contributed by atoms with Crippen LogP contribution in [0.25, 0.3) is 0 Å². The summed E-state index contributed by atoms with van der Waals surface area (Å²) in [5, 5.41) is 20.4. The van der Waals surface area contributed by atoms with Crippen LogP contribution in [0.3, 0.4) is 0 Å². The molecule has 2 unspecified atom stereocenters. The molecule has 0 aliphatic carbocycles. The number of para-hydroxylation sites is 1. The van der Waals surface area contributed by atoms with Gasteiger partial charge in [0.15, 0.2) is 0 Å². The van der Waals surface area contributed by atoms with Gasteiger partial charge < -0.3 is 14.9 Å². The molecule has 0 fully saturated rings. The van der Waals surface area contributed by atoms with Crippen LogP contribution in [0.1, 0.15) is 26.3 Å². The number of fused-ring (bicyclic) bond motifs is 1. The first kappa shape index (κ1) is 12.9. The van der Waals surface area contributed by atoms with Crippen LogP contribution in [0, 0.1) is 11.3 Å². The summed E-state index contributed by atoms with van der Waals surface area (Å²) in [4.78, 5) is 11.5. The molecule has 0 saturated heterocycles. The van der Waals surface area contributed by atoms with Crippen LogP contribution in [-0.2, 0) is 10.4 Å². The van der Waals surface area contributed by atoms with E-state index in [1.807, 2.05) is 6.07 Å². The second-order valence-corrected chi connectivity index (χ2v) is 5.40. The van der Waals surface area contributed by atoms with Gasteiger partial charge in [-0.15, -0.1) is 0 Å². The molecule has 1 aromatic rings. The Balaban J connectivity index is 2.65. The van der Waals surface area contributed by atoms with Gasteiger partial charge in [-0.25, -0.2) is 0 Å². The Bertz CT molecular complexity index is 480. The fraction of sp³-hybridized carbons (Fsp3) is 0.500. The highest BCUT2D eigenvalue weighted by Crippen LogP contribution is 2.50. The molecule has 98 valence electrons. The fourth-order valence-electron chi connectivity index (χ4n) is 2.62. The lowest BCUT2D eigenvalue weighted by atomic mass is 9.64. The molecular weight excluding hydrogens is 232 g/mol. The smallest absolute Gasteiger partial charge is 0.312 e. The zero-order valence-electron chi connectivity index (χ0n) is 10.8. The molecule has 2 rings (SSSR count). The lowest BCUT2D eigenvalue weighted by Crippen LogP contribution is -2.54. The van der Waals surface area contributed by atoms with Gasteiger partial charge >= 0.3 is 5.97 Å². The average molecular weight is 250 g/mol. The summed E-state index contributed by atoms with van der Waals surface area (Å²) in [5.41, 5.74) is -2.17. The number of carbonyl (C=O) groups is 1.